The van der Waals surface area contributed by atoms with Gasteiger partial charge >= 0.3 is 0 Å². The molecule has 0 aliphatic heterocycles. The van der Waals surface area contributed by atoms with Crippen molar-refractivity contribution in [2.45, 2.75) is 38.9 Å². The molecule has 1 aromatic rings. The van der Waals surface area contributed by atoms with Gasteiger partial charge in [0, 0.05) is 19.3 Å². The first-order valence-corrected chi connectivity index (χ1v) is 7.24. The molecule has 0 heterocycles. The van der Waals surface area contributed by atoms with E-state index in [1.54, 1.807) is 7.11 Å². The van der Waals surface area contributed by atoms with E-state index in [0.29, 0.717) is 25.6 Å². The van der Waals surface area contributed by atoms with Crippen molar-refractivity contribution in [3.63, 3.8) is 0 Å². The van der Waals surface area contributed by atoms with Crippen LogP contribution in [-0.2, 0) is 9.47 Å². The first kappa shape index (κ1) is 17.0. The summed E-state index contributed by atoms with van der Waals surface area (Å²) in [6.07, 6.45) is 0.918. The summed E-state index contributed by atoms with van der Waals surface area (Å²) in [5.41, 5.74) is 0.774. The predicted octanol–water partition coefficient (Wildman–Crippen LogP) is 2.95. The first-order valence-electron chi connectivity index (χ1n) is 7.24. The summed E-state index contributed by atoms with van der Waals surface area (Å²) in [7, 11) is 1.64. The minimum atomic E-state index is -0.673. The molecule has 2 atom stereocenters. The lowest BCUT2D eigenvalue weighted by Gasteiger charge is -2.24. The standard InChI is InChI=1S/C16H26O4/c1-4-8-15(19-5-2)16(17)13-9-6-7-10-14(13)20-12-11-18-3/h6-7,9-10,15-17H,4-5,8,11-12H2,1-3H3. The number of benzene rings is 1. The maximum atomic E-state index is 10.5. The van der Waals surface area contributed by atoms with Crippen molar-refractivity contribution in [3.8, 4) is 5.75 Å². The van der Waals surface area contributed by atoms with Crippen molar-refractivity contribution < 1.29 is 19.3 Å². The third-order valence-electron chi connectivity index (χ3n) is 3.09. The average Bonchev–Trinajstić information content (AvgIpc) is 2.47. The van der Waals surface area contributed by atoms with E-state index in [4.69, 9.17) is 14.2 Å². The lowest BCUT2D eigenvalue weighted by molar-refractivity contribution is -0.0395. The zero-order chi connectivity index (χ0) is 14.8. The van der Waals surface area contributed by atoms with E-state index >= 15 is 0 Å². The van der Waals surface area contributed by atoms with Crippen LogP contribution in [0.2, 0.25) is 0 Å². The van der Waals surface area contributed by atoms with Crippen LogP contribution in [0.3, 0.4) is 0 Å². The Morgan fingerprint density at radius 1 is 1.15 bits per heavy atom. The largest absolute Gasteiger partial charge is 0.491 e. The van der Waals surface area contributed by atoms with Gasteiger partial charge in [0.2, 0.25) is 0 Å². The Morgan fingerprint density at radius 3 is 2.55 bits per heavy atom. The zero-order valence-corrected chi connectivity index (χ0v) is 12.7. The van der Waals surface area contributed by atoms with Crippen molar-refractivity contribution in [3.05, 3.63) is 29.8 Å². The van der Waals surface area contributed by atoms with Gasteiger partial charge in [-0.2, -0.15) is 0 Å². The topological polar surface area (TPSA) is 47.9 Å². The highest BCUT2D eigenvalue weighted by Crippen LogP contribution is 2.30. The second-order valence-electron chi connectivity index (χ2n) is 4.61. The fourth-order valence-corrected chi connectivity index (χ4v) is 2.12. The van der Waals surface area contributed by atoms with Crippen LogP contribution >= 0.6 is 0 Å². The van der Waals surface area contributed by atoms with Crippen molar-refractivity contribution in [2.24, 2.45) is 0 Å². The molecule has 0 bridgehead atoms. The molecule has 0 aliphatic carbocycles. The molecule has 114 valence electrons. The van der Waals surface area contributed by atoms with Gasteiger partial charge in [0.25, 0.3) is 0 Å². The number of aliphatic hydroxyl groups excluding tert-OH is 1. The van der Waals surface area contributed by atoms with Crippen LogP contribution in [0.15, 0.2) is 24.3 Å². The first-order chi connectivity index (χ1) is 9.74. The van der Waals surface area contributed by atoms with Gasteiger partial charge in [0.05, 0.1) is 12.7 Å². The molecule has 0 saturated heterocycles. The molecular weight excluding hydrogens is 256 g/mol. The SMILES string of the molecule is CCCC(OCC)C(O)c1ccccc1OCCOC. The maximum absolute atomic E-state index is 10.5. The molecule has 2 unspecified atom stereocenters. The van der Waals surface area contributed by atoms with Crippen LogP contribution in [0.4, 0.5) is 0 Å². The highest BCUT2D eigenvalue weighted by molar-refractivity contribution is 5.35. The highest BCUT2D eigenvalue weighted by atomic mass is 16.5. The highest BCUT2D eigenvalue weighted by Gasteiger charge is 2.23. The second kappa shape index (κ2) is 9.75. The summed E-state index contributed by atoms with van der Waals surface area (Å²) in [5, 5.41) is 10.5. The van der Waals surface area contributed by atoms with Crippen LogP contribution in [0.1, 0.15) is 38.4 Å². The molecule has 0 spiro atoms. The maximum Gasteiger partial charge on any atom is 0.125 e. The number of para-hydroxylation sites is 1. The Balaban J connectivity index is 2.81. The molecule has 1 aromatic carbocycles. The van der Waals surface area contributed by atoms with Gasteiger partial charge in [-0.3, -0.25) is 0 Å². The lowest BCUT2D eigenvalue weighted by atomic mass is 10.00. The van der Waals surface area contributed by atoms with Crippen molar-refractivity contribution >= 4 is 0 Å². The molecule has 0 amide bonds. The van der Waals surface area contributed by atoms with Crippen LogP contribution in [0.25, 0.3) is 0 Å². The normalized spacial score (nSPS) is 14.0. The number of aliphatic hydroxyl groups is 1. The Labute approximate surface area is 121 Å². The van der Waals surface area contributed by atoms with Crippen LogP contribution in [0.5, 0.6) is 5.75 Å². The number of hydrogen-bond acceptors (Lipinski definition) is 4. The molecule has 4 nitrogen and oxygen atoms in total. The van der Waals surface area contributed by atoms with Gasteiger partial charge in [-0.1, -0.05) is 31.5 Å². The van der Waals surface area contributed by atoms with Crippen molar-refractivity contribution in [1.29, 1.82) is 0 Å². The monoisotopic (exact) mass is 282 g/mol. The predicted molar refractivity (Wildman–Crippen MR) is 79.1 cm³/mol. The fourth-order valence-electron chi connectivity index (χ4n) is 2.12. The molecule has 0 saturated carbocycles. The molecule has 0 aromatic heterocycles. The van der Waals surface area contributed by atoms with Crippen molar-refractivity contribution in [1.82, 2.24) is 0 Å². The third kappa shape index (κ3) is 5.12. The summed E-state index contributed by atoms with van der Waals surface area (Å²) in [6.45, 7) is 5.60. The molecule has 20 heavy (non-hydrogen) atoms. The van der Waals surface area contributed by atoms with Gasteiger partial charge in [0.1, 0.15) is 18.5 Å². The van der Waals surface area contributed by atoms with Gasteiger partial charge < -0.3 is 19.3 Å². The molecule has 0 fully saturated rings. The second-order valence-corrected chi connectivity index (χ2v) is 4.61. The van der Waals surface area contributed by atoms with E-state index in [2.05, 4.69) is 6.92 Å². The summed E-state index contributed by atoms with van der Waals surface area (Å²) in [5.74, 6) is 0.692. The number of rotatable bonds is 10. The Hall–Kier alpha value is -1.10. The number of methoxy groups -OCH3 is 1. The molecule has 4 heteroatoms. The molecule has 1 N–H and O–H groups in total. The van der Waals surface area contributed by atoms with E-state index in [1.165, 1.54) is 0 Å². The summed E-state index contributed by atoms with van der Waals surface area (Å²) in [4.78, 5) is 0. The summed E-state index contributed by atoms with van der Waals surface area (Å²) in [6, 6.07) is 7.54. The van der Waals surface area contributed by atoms with Gasteiger partial charge in [-0.15, -0.1) is 0 Å². The Bertz CT molecular complexity index is 361. The van der Waals surface area contributed by atoms with E-state index in [9.17, 15) is 5.11 Å². The molecule has 0 radical (unpaired) electrons. The molecule has 1 rings (SSSR count). The zero-order valence-electron chi connectivity index (χ0n) is 12.7. The third-order valence-corrected chi connectivity index (χ3v) is 3.09. The minimum absolute atomic E-state index is 0.197. The van der Waals surface area contributed by atoms with Crippen LogP contribution < -0.4 is 4.74 Å². The smallest absolute Gasteiger partial charge is 0.125 e. The van der Waals surface area contributed by atoms with Crippen molar-refractivity contribution in [2.75, 3.05) is 26.9 Å². The quantitative estimate of drug-likeness (QED) is 0.670. The Kier molecular flexibility index (Phi) is 8.26. The van der Waals surface area contributed by atoms with Gasteiger partial charge in [0.15, 0.2) is 0 Å². The summed E-state index contributed by atoms with van der Waals surface area (Å²) >= 11 is 0. The average molecular weight is 282 g/mol. The lowest BCUT2D eigenvalue weighted by Crippen LogP contribution is -2.23. The molecule has 0 aliphatic rings. The Morgan fingerprint density at radius 2 is 1.90 bits per heavy atom. The van der Waals surface area contributed by atoms with Crippen LogP contribution in [-0.4, -0.2) is 38.1 Å². The minimum Gasteiger partial charge on any atom is -0.491 e. The van der Waals surface area contributed by atoms with E-state index in [-0.39, 0.29) is 6.10 Å². The van der Waals surface area contributed by atoms with Gasteiger partial charge in [-0.25, -0.2) is 0 Å². The van der Waals surface area contributed by atoms with E-state index < -0.39 is 6.10 Å². The van der Waals surface area contributed by atoms with E-state index in [1.807, 2.05) is 31.2 Å². The molecular formula is C16H26O4. The van der Waals surface area contributed by atoms with E-state index in [0.717, 1.165) is 18.4 Å². The van der Waals surface area contributed by atoms with Crippen LogP contribution in [0, 0.1) is 0 Å². The van der Waals surface area contributed by atoms with Gasteiger partial charge in [-0.05, 0) is 19.4 Å². The summed E-state index contributed by atoms with van der Waals surface area (Å²) < 4.78 is 16.3. The number of hydrogen-bond donors (Lipinski definition) is 1. The number of ether oxygens (including phenoxy) is 3. The fraction of sp³-hybridized carbons (Fsp3) is 0.625.